The molecule has 1 fully saturated rings. The van der Waals surface area contributed by atoms with Gasteiger partial charge in [-0.25, -0.2) is 4.39 Å². The van der Waals surface area contributed by atoms with Gasteiger partial charge in [-0.05, 0) is 48.6 Å². The molecule has 184 valence electrons. The molecule has 1 saturated carbocycles. The Balaban J connectivity index is 0.00000241. The van der Waals surface area contributed by atoms with E-state index < -0.39 is 38.1 Å². The van der Waals surface area contributed by atoms with Crippen LogP contribution in [0.15, 0.2) is 54.6 Å². The van der Waals surface area contributed by atoms with Crippen molar-refractivity contribution in [1.82, 2.24) is 4.98 Å². The van der Waals surface area contributed by atoms with Crippen LogP contribution in [0.5, 0.6) is 0 Å². The normalized spacial score (nSPS) is 15.1. The van der Waals surface area contributed by atoms with Gasteiger partial charge in [0.05, 0.1) is 24.1 Å². The second-order valence-electron chi connectivity index (χ2n) is 8.77. The van der Waals surface area contributed by atoms with Crippen molar-refractivity contribution in [2.24, 2.45) is 0 Å². The van der Waals surface area contributed by atoms with E-state index in [9.17, 15) is 28.9 Å². The first-order valence-corrected chi connectivity index (χ1v) is 13.0. The monoisotopic (exact) mass is 543 g/mol. The Labute approximate surface area is 259 Å². The predicted octanol–water partition coefficient (Wildman–Crippen LogP) is -2.68. The van der Waals surface area contributed by atoms with Crippen molar-refractivity contribution in [3.05, 3.63) is 77.2 Å². The molecule has 1 heterocycles. The molecule has 1 unspecified atom stereocenters. The smallest absolute Gasteiger partial charge is 0.778 e. The second-order valence-corrected chi connectivity index (χ2v) is 10.6. The fraction of sp³-hybridized carbons (Fsp3) is 0.308. The van der Waals surface area contributed by atoms with Gasteiger partial charge in [-0.2, -0.15) is 0 Å². The van der Waals surface area contributed by atoms with Crippen LogP contribution in [0, 0.1) is 12.7 Å². The number of rotatable bonds is 10. The molecule has 4 rings (SSSR count). The second kappa shape index (κ2) is 13.9. The number of pyridine rings is 1. The van der Waals surface area contributed by atoms with Crippen LogP contribution in [0.25, 0.3) is 22.4 Å². The Bertz CT molecular complexity index is 1270. The van der Waals surface area contributed by atoms with E-state index in [1.165, 1.54) is 12.1 Å². The third-order valence-electron chi connectivity index (χ3n) is 5.96. The quantitative estimate of drug-likeness (QED) is 0.219. The van der Waals surface area contributed by atoms with Gasteiger partial charge in [0.2, 0.25) is 0 Å². The van der Waals surface area contributed by atoms with Crippen LogP contribution in [0.4, 0.5) is 4.39 Å². The average molecular weight is 543 g/mol. The van der Waals surface area contributed by atoms with Crippen molar-refractivity contribution in [3.8, 4) is 22.4 Å². The Morgan fingerprint density at radius 1 is 1.14 bits per heavy atom. The third kappa shape index (κ3) is 8.54. The van der Waals surface area contributed by atoms with Crippen molar-refractivity contribution in [3.63, 3.8) is 0 Å². The summed E-state index contributed by atoms with van der Waals surface area (Å²) >= 11 is 0. The van der Waals surface area contributed by atoms with Gasteiger partial charge in [0.1, 0.15) is 13.4 Å². The zero-order chi connectivity index (χ0) is 25.2. The number of aromatic nitrogens is 1. The summed E-state index contributed by atoms with van der Waals surface area (Å²) in [7, 11) is -4.58. The van der Waals surface area contributed by atoms with E-state index >= 15 is 0 Å². The molecular weight excluding hydrogens is 518 g/mol. The van der Waals surface area contributed by atoms with Crippen LogP contribution >= 0.6 is 7.60 Å². The molecule has 1 aromatic heterocycles. The van der Waals surface area contributed by atoms with E-state index in [2.05, 4.69) is 0 Å². The standard InChI is InChI=1S/C26H27FNO6P.2Na/c1-16-24(17-9-11-20(27)12-10-17)22(14-34-35(32,33)15-21(29)13-23(30)31)26(19-7-8-19)28-25(16)18-5-3-2-4-6-18;;/h2-6,9-12,19,21,29H,7-8,13-15H2,1H3,(H,30,31)(H,32,33);;/q;2*+1/p-2/t21-;;/m1../s1. The Kier molecular flexibility index (Phi) is 12.2. The molecule has 2 atom stereocenters. The van der Waals surface area contributed by atoms with Crippen LogP contribution in [0.2, 0.25) is 0 Å². The van der Waals surface area contributed by atoms with Crippen LogP contribution in [0.1, 0.15) is 42.0 Å². The SMILES string of the molecule is Cc1c(-c2ccccc2)nc(C2CC2)c(COP(=O)([O-])C[C@H](O)CC(=O)[O-])c1-c1ccc(F)cc1.[Na+].[Na+]. The number of hydrogen-bond donors (Lipinski definition) is 1. The minimum atomic E-state index is -4.58. The Morgan fingerprint density at radius 2 is 1.76 bits per heavy atom. The number of carboxylic acids is 1. The first-order valence-electron chi connectivity index (χ1n) is 11.3. The van der Waals surface area contributed by atoms with E-state index in [0.29, 0.717) is 11.1 Å². The van der Waals surface area contributed by atoms with Crippen molar-refractivity contribution < 1.29 is 92.5 Å². The summed E-state index contributed by atoms with van der Waals surface area (Å²) in [5, 5.41) is 20.4. The first-order chi connectivity index (χ1) is 16.6. The fourth-order valence-corrected chi connectivity index (χ4v) is 5.28. The maximum atomic E-state index is 13.7. The van der Waals surface area contributed by atoms with Crippen LogP contribution in [0.3, 0.4) is 0 Å². The summed E-state index contributed by atoms with van der Waals surface area (Å²) in [5.41, 5.74) is 5.18. The van der Waals surface area contributed by atoms with E-state index in [-0.39, 0.29) is 71.6 Å². The molecule has 3 aromatic rings. The third-order valence-corrected chi connectivity index (χ3v) is 7.35. The van der Waals surface area contributed by atoms with Crippen LogP contribution < -0.4 is 69.1 Å². The molecule has 0 aliphatic heterocycles. The van der Waals surface area contributed by atoms with Gasteiger partial charge in [0.15, 0.2) is 0 Å². The molecule has 0 amide bonds. The summed E-state index contributed by atoms with van der Waals surface area (Å²) in [6, 6.07) is 15.6. The minimum absolute atomic E-state index is 0. The number of nitrogens with zero attached hydrogens (tertiary/aromatic N) is 1. The Morgan fingerprint density at radius 3 is 2.32 bits per heavy atom. The molecule has 7 nitrogen and oxygen atoms in total. The largest absolute Gasteiger partial charge is 1.00 e. The maximum absolute atomic E-state index is 13.7. The molecule has 0 spiro atoms. The summed E-state index contributed by atoms with van der Waals surface area (Å²) in [4.78, 5) is 28.1. The van der Waals surface area contributed by atoms with Gasteiger partial charge >= 0.3 is 59.1 Å². The van der Waals surface area contributed by atoms with Gasteiger partial charge in [-0.1, -0.05) is 42.5 Å². The number of aliphatic hydroxyl groups excluding tert-OH is 1. The van der Waals surface area contributed by atoms with Gasteiger partial charge in [0, 0.05) is 35.6 Å². The number of hydrogen-bond acceptors (Lipinski definition) is 7. The molecule has 0 bridgehead atoms. The number of carbonyl (C=O) groups is 1. The molecule has 1 aliphatic carbocycles. The van der Waals surface area contributed by atoms with Gasteiger partial charge in [-0.15, -0.1) is 0 Å². The predicted molar refractivity (Wildman–Crippen MR) is 125 cm³/mol. The summed E-state index contributed by atoms with van der Waals surface area (Å²) < 4.78 is 31.5. The molecule has 0 saturated heterocycles. The number of aliphatic carboxylic acids is 1. The van der Waals surface area contributed by atoms with Crippen molar-refractivity contribution in [1.29, 1.82) is 0 Å². The minimum Gasteiger partial charge on any atom is -0.778 e. The number of carbonyl (C=O) groups excluding carboxylic acids is 1. The summed E-state index contributed by atoms with van der Waals surface area (Å²) in [6.07, 6.45) is -1.49. The topological polar surface area (TPSA) is 123 Å². The number of halogens is 1. The number of benzene rings is 2. The van der Waals surface area contributed by atoms with E-state index in [1.807, 2.05) is 37.3 Å². The summed E-state index contributed by atoms with van der Waals surface area (Å²) in [5.74, 6) is -1.80. The zero-order valence-corrected chi connectivity index (χ0v) is 26.0. The van der Waals surface area contributed by atoms with Crippen molar-refractivity contribution in [2.75, 3.05) is 6.16 Å². The molecule has 37 heavy (non-hydrogen) atoms. The molecule has 11 heteroatoms. The van der Waals surface area contributed by atoms with Gasteiger partial charge in [0.25, 0.3) is 0 Å². The molecule has 1 N–H and O–H groups in total. The molecule has 1 aliphatic rings. The maximum Gasteiger partial charge on any atom is 1.00 e. The molecule has 2 aromatic carbocycles. The Hall–Kier alpha value is -0.900. The average Bonchev–Trinajstić information content (AvgIpc) is 3.63. The van der Waals surface area contributed by atoms with Crippen molar-refractivity contribution >= 4 is 13.6 Å². The summed E-state index contributed by atoms with van der Waals surface area (Å²) in [6.45, 7) is 1.55. The van der Waals surface area contributed by atoms with Gasteiger partial charge in [-0.3, -0.25) is 4.98 Å². The van der Waals surface area contributed by atoms with E-state index in [0.717, 1.165) is 40.9 Å². The molecular formula is C26H25FNNa2O6P. The number of carboxylic acid groups (broad SMARTS) is 1. The fourth-order valence-electron chi connectivity index (χ4n) is 4.20. The molecule has 0 radical (unpaired) electrons. The van der Waals surface area contributed by atoms with Crippen LogP contribution in [-0.4, -0.2) is 28.3 Å². The zero-order valence-electron chi connectivity index (χ0n) is 21.1. The first kappa shape index (κ1) is 32.3. The van der Waals surface area contributed by atoms with E-state index in [4.69, 9.17) is 9.51 Å². The number of aliphatic hydroxyl groups is 1. The van der Waals surface area contributed by atoms with Crippen LogP contribution in [-0.2, 0) is 20.5 Å². The van der Waals surface area contributed by atoms with Crippen molar-refractivity contribution in [2.45, 2.75) is 44.8 Å². The van der Waals surface area contributed by atoms with Gasteiger partial charge < -0.3 is 29.0 Å². The van der Waals surface area contributed by atoms with E-state index in [1.54, 1.807) is 12.1 Å².